The molecule has 0 spiro atoms. The highest BCUT2D eigenvalue weighted by atomic mass is 32.2. The molecule has 3 nitrogen and oxygen atoms in total. The molecule has 0 unspecified atom stereocenters. The average Bonchev–Trinajstić information content (AvgIpc) is 2.48. The number of ketones is 1. The lowest BCUT2D eigenvalue weighted by atomic mass is 10.1. The number of aromatic nitrogens is 1. The highest BCUT2D eigenvalue weighted by molar-refractivity contribution is 7.99. The van der Waals surface area contributed by atoms with Gasteiger partial charge in [-0.2, -0.15) is 0 Å². The summed E-state index contributed by atoms with van der Waals surface area (Å²) in [6.07, 6.45) is 1.57. The Hall–Kier alpha value is -1.81. The lowest BCUT2D eigenvalue weighted by molar-refractivity contribution is -0.118. The maximum Gasteiger partial charge on any atom is 0.139 e. The first-order valence-corrected chi connectivity index (χ1v) is 7.99. The smallest absolute Gasteiger partial charge is 0.139 e. The van der Waals surface area contributed by atoms with E-state index in [4.69, 9.17) is 0 Å². The molecule has 0 fully saturated rings. The van der Waals surface area contributed by atoms with Gasteiger partial charge in [-0.1, -0.05) is 18.2 Å². The van der Waals surface area contributed by atoms with Gasteiger partial charge in [0.2, 0.25) is 0 Å². The zero-order valence-corrected chi connectivity index (χ0v) is 12.9. The molecule has 0 radical (unpaired) electrons. The van der Waals surface area contributed by atoms with Gasteiger partial charge in [-0.25, -0.2) is 0 Å². The number of hydrogen-bond donors (Lipinski definition) is 1. The highest BCUT2D eigenvalue weighted by Crippen LogP contribution is 2.19. The van der Waals surface area contributed by atoms with E-state index in [9.17, 15) is 9.90 Å². The van der Waals surface area contributed by atoms with Crippen LogP contribution in [0.25, 0.3) is 0 Å². The normalized spacial score (nSPS) is 10.5. The Bertz CT molecular complexity index is 599. The molecule has 0 amide bonds. The predicted octanol–water partition coefficient (Wildman–Crippen LogP) is 3.78. The summed E-state index contributed by atoms with van der Waals surface area (Å²) in [7, 11) is 0. The number of aryl methyl sites for hydroxylation is 1. The molecule has 2 rings (SSSR count). The van der Waals surface area contributed by atoms with Gasteiger partial charge in [-0.05, 0) is 43.4 Å². The molecular weight excluding hydrogens is 282 g/mol. The quantitative estimate of drug-likeness (QED) is 0.624. The van der Waals surface area contributed by atoms with Crippen LogP contribution in [0.5, 0.6) is 5.75 Å². The Balaban J connectivity index is 1.74. The van der Waals surface area contributed by atoms with Crippen LogP contribution in [0.4, 0.5) is 0 Å². The molecule has 2 aromatic rings. The van der Waals surface area contributed by atoms with Gasteiger partial charge in [0.15, 0.2) is 0 Å². The van der Waals surface area contributed by atoms with Crippen molar-refractivity contribution in [3.05, 3.63) is 53.9 Å². The van der Waals surface area contributed by atoms with Crippen LogP contribution in [0.15, 0.2) is 47.4 Å². The molecule has 0 aliphatic carbocycles. The summed E-state index contributed by atoms with van der Waals surface area (Å²) in [6, 6.07) is 13.5. The van der Waals surface area contributed by atoms with Crippen LogP contribution in [0.2, 0.25) is 0 Å². The fourth-order valence-electron chi connectivity index (χ4n) is 1.98. The fourth-order valence-corrected chi connectivity index (χ4v) is 2.86. The Morgan fingerprint density at radius 1 is 1.19 bits per heavy atom. The molecule has 4 heteroatoms. The molecule has 1 N–H and O–H groups in total. The van der Waals surface area contributed by atoms with E-state index in [1.165, 1.54) is 4.90 Å². The first-order valence-electron chi connectivity index (χ1n) is 7.00. The second-order valence-corrected chi connectivity index (χ2v) is 6.07. The third-order valence-corrected chi connectivity index (χ3v) is 4.16. The second-order valence-electron chi connectivity index (χ2n) is 4.90. The van der Waals surface area contributed by atoms with E-state index in [0.717, 1.165) is 17.9 Å². The number of pyridine rings is 1. The summed E-state index contributed by atoms with van der Waals surface area (Å²) in [5, 5.41) is 9.69. The zero-order valence-electron chi connectivity index (χ0n) is 12.1. The lowest BCUT2D eigenvalue weighted by Gasteiger charge is -2.05. The van der Waals surface area contributed by atoms with Gasteiger partial charge in [-0.15, -0.1) is 11.8 Å². The number of carbonyl (C=O) groups excluding carboxylic acids is 1. The first kappa shape index (κ1) is 15.6. The van der Waals surface area contributed by atoms with E-state index >= 15 is 0 Å². The van der Waals surface area contributed by atoms with Crippen molar-refractivity contribution in [3.8, 4) is 5.75 Å². The Morgan fingerprint density at radius 3 is 2.71 bits per heavy atom. The molecule has 1 heterocycles. The largest absolute Gasteiger partial charge is 0.506 e. The van der Waals surface area contributed by atoms with E-state index in [0.29, 0.717) is 12.1 Å². The maximum absolute atomic E-state index is 11.9. The van der Waals surface area contributed by atoms with Crippen molar-refractivity contribution in [3.63, 3.8) is 0 Å². The van der Waals surface area contributed by atoms with Crippen molar-refractivity contribution in [1.29, 1.82) is 0 Å². The third kappa shape index (κ3) is 5.23. The van der Waals surface area contributed by atoms with Crippen molar-refractivity contribution >= 4 is 17.5 Å². The number of Topliss-reactive ketones (excluding diaryl/α,β-unsaturated/α-hetero) is 1. The zero-order chi connectivity index (χ0) is 15.1. The molecule has 0 aliphatic heterocycles. The van der Waals surface area contributed by atoms with Gasteiger partial charge < -0.3 is 5.11 Å². The molecule has 0 saturated carbocycles. The molecule has 0 aliphatic rings. The van der Waals surface area contributed by atoms with Gasteiger partial charge in [0.25, 0.3) is 0 Å². The van der Waals surface area contributed by atoms with E-state index in [1.54, 1.807) is 23.9 Å². The minimum Gasteiger partial charge on any atom is -0.506 e. The summed E-state index contributed by atoms with van der Waals surface area (Å²) in [5.41, 5.74) is 1.30. The van der Waals surface area contributed by atoms with Crippen molar-refractivity contribution in [1.82, 2.24) is 4.98 Å². The highest BCUT2D eigenvalue weighted by Gasteiger charge is 2.09. The molecule has 110 valence electrons. The van der Waals surface area contributed by atoms with E-state index in [1.807, 2.05) is 25.1 Å². The number of aromatic hydroxyl groups is 1. The summed E-state index contributed by atoms with van der Waals surface area (Å²) in [5.74, 6) is 1.15. The number of hydrogen-bond acceptors (Lipinski definition) is 4. The van der Waals surface area contributed by atoms with Crippen molar-refractivity contribution in [2.24, 2.45) is 0 Å². The number of benzene rings is 1. The standard InChI is InChI=1S/C17H19NO2S/c1-13-9-10-17(20)16(18-13)12-14(19)6-5-11-21-15-7-3-2-4-8-15/h2-4,7-10,20H,5-6,11-12H2,1H3. The monoisotopic (exact) mass is 301 g/mol. The number of thioether (sulfide) groups is 1. The first-order chi connectivity index (χ1) is 10.1. The number of nitrogens with zero attached hydrogens (tertiary/aromatic N) is 1. The van der Waals surface area contributed by atoms with Crippen LogP contribution in [0.1, 0.15) is 24.2 Å². The Kier molecular flexibility index (Phi) is 5.81. The molecule has 21 heavy (non-hydrogen) atoms. The topological polar surface area (TPSA) is 50.2 Å². The molecule has 0 atom stereocenters. The van der Waals surface area contributed by atoms with Crippen molar-refractivity contribution in [2.75, 3.05) is 5.75 Å². The van der Waals surface area contributed by atoms with Crippen LogP contribution >= 0.6 is 11.8 Å². The van der Waals surface area contributed by atoms with E-state index < -0.39 is 0 Å². The molecule has 1 aromatic heterocycles. The molecule has 1 aromatic carbocycles. The third-order valence-electron chi connectivity index (χ3n) is 3.07. The molecule has 0 bridgehead atoms. The molecular formula is C17H19NO2S. The van der Waals surface area contributed by atoms with Crippen molar-refractivity contribution < 1.29 is 9.90 Å². The maximum atomic E-state index is 11.9. The molecule has 0 saturated heterocycles. The summed E-state index contributed by atoms with van der Waals surface area (Å²) < 4.78 is 0. The predicted molar refractivity (Wildman–Crippen MR) is 85.7 cm³/mol. The van der Waals surface area contributed by atoms with Gasteiger partial charge in [0, 0.05) is 17.0 Å². The SMILES string of the molecule is Cc1ccc(O)c(CC(=O)CCCSc2ccccc2)n1. The number of carbonyl (C=O) groups is 1. The summed E-state index contributed by atoms with van der Waals surface area (Å²) >= 11 is 1.76. The minimum atomic E-state index is 0.104. The van der Waals surface area contributed by atoms with E-state index in [2.05, 4.69) is 17.1 Å². The Morgan fingerprint density at radius 2 is 1.95 bits per heavy atom. The average molecular weight is 301 g/mol. The van der Waals surface area contributed by atoms with Gasteiger partial charge in [0.05, 0.1) is 12.1 Å². The van der Waals surface area contributed by atoms with Crippen molar-refractivity contribution in [2.45, 2.75) is 31.1 Å². The summed E-state index contributed by atoms with van der Waals surface area (Å²) in [6.45, 7) is 1.85. The second kappa shape index (κ2) is 7.84. The van der Waals surface area contributed by atoms with Crippen LogP contribution in [0, 0.1) is 6.92 Å². The van der Waals surface area contributed by atoms with Crippen LogP contribution in [-0.4, -0.2) is 21.6 Å². The van der Waals surface area contributed by atoms with Gasteiger partial charge >= 0.3 is 0 Å². The number of rotatable bonds is 7. The van der Waals surface area contributed by atoms with Crippen LogP contribution in [0.3, 0.4) is 0 Å². The van der Waals surface area contributed by atoms with Gasteiger partial charge in [-0.3, -0.25) is 9.78 Å². The van der Waals surface area contributed by atoms with Crippen LogP contribution in [-0.2, 0) is 11.2 Å². The van der Waals surface area contributed by atoms with Gasteiger partial charge in [0.1, 0.15) is 11.5 Å². The Labute approximate surface area is 129 Å². The lowest BCUT2D eigenvalue weighted by Crippen LogP contribution is -2.05. The minimum absolute atomic E-state index is 0.104. The fraction of sp³-hybridized carbons (Fsp3) is 0.294. The van der Waals surface area contributed by atoms with E-state index in [-0.39, 0.29) is 18.0 Å². The van der Waals surface area contributed by atoms with Crippen LogP contribution < -0.4 is 0 Å². The summed E-state index contributed by atoms with van der Waals surface area (Å²) in [4.78, 5) is 17.4.